The minimum Gasteiger partial charge on any atom is -0.389 e. The van der Waals surface area contributed by atoms with E-state index < -0.39 is 0 Å². The number of para-hydroxylation sites is 1. The second-order valence-corrected chi connectivity index (χ2v) is 4.34. The van der Waals surface area contributed by atoms with Crippen LogP contribution in [-0.2, 0) is 0 Å². The molecular formula is C12H16N2S. The first-order valence-electron chi connectivity index (χ1n) is 5.39. The molecule has 0 amide bonds. The highest BCUT2D eigenvalue weighted by atomic mass is 32.1. The Labute approximate surface area is 96.1 Å². The molecule has 2 nitrogen and oxygen atoms in total. The van der Waals surface area contributed by atoms with Gasteiger partial charge in [-0.2, -0.15) is 0 Å². The van der Waals surface area contributed by atoms with Crippen molar-refractivity contribution in [3.05, 3.63) is 29.8 Å². The fraction of sp³-hybridized carbons (Fsp3) is 0.417. The highest BCUT2D eigenvalue weighted by Crippen LogP contribution is 2.33. The maximum atomic E-state index is 5.73. The summed E-state index contributed by atoms with van der Waals surface area (Å²) in [6, 6.07) is 8.84. The summed E-state index contributed by atoms with van der Waals surface area (Å²) in [5, 5.41) is 0. The van der Waals surface area contributed by atoms with Crippen LogP contribution in [0.3, 0.4) is 0 Å². The number of hydrogen-bond acceptors (Lipinski definition) is 2. The highest BCUT2D eigenvalue weighted by molar-refractivity contribution is 7.80. The molecule has 0 radical (unpaired) electrons. The molecule has 3 heteroatoms. The molecule has 15 heavy (non-hydrogen) atoms. The molecule has 1 aliphatic rings. The van der Waals surface area contributed by atoms with Crippen molar-refractivity contribution in [2.45, 2.75) is 25.8 Å². The van der Waals surface area contributed by atoms with Gasteiger partial charge in [0.1, 0.15) is 4.99 Å². The van der Waals surface area contributed by atoms with Crippen LogP contribution in [0.4, 0.5) is 5.69 Å². The third kappa shape index (κ3) is 2.12. The fourth-order valence-corrected chi connectivity index (χ4v) is 2.12. The average Bonchev–Trinajstić information content (AvgIpc) is 3.04. The van der Waals surface area contributed by atoms with Crippen LogP contribution in [0.1, 0.15) is 25.3 Å². The first-order valence-corrected chi connectivity index (χ1v) is 5.80. The van der Waals surface area contributed by atoms with E-state index in [4.69, 9.17) is 18.0 Å². The van der Waals surface area contributed by atoms with Crippen LogP contribution in [0, 0.1) is 0 Å². The quantitative estimate of drug-likeness (QED) is 0.790. The minimum atomic E-state index is 0.490. The number of nitrogens with zero attached hydrogens (tertiary/aromatic N) is 1. The summed E-state index contributed by atoms with van der Waals surface area (Å²) < 4.78 is 0. The van der Waals surface area contributed by atoms with Gasteiger partial charge in [0.05, 0.1) is 0 Å². The second-order valence-electron chi connectivity index (χ2n) is 3.90. The van der Waals surface area contributed by atoms with Crippen molar-refractivity contribution < 1.29 is 0 Å². The SMILES string of the molecule is CCN(c1ccccc1C(N)=S)C1CC1. The Morgan fingerprint density at radius 3 is 2.67 bits per heavy atom. The van der Waals surface area contributed by atoms with Crippen LogP contribution in [0.2, 0.25) is 0 Å². The third-order valence-corrected chi connectivity index (χ3v) is 3.03. The van der Waals surface area contributed by atoms with Gasteiger partial charge in [-0.1, -0.05) is 24.4 Å². The largest absolute Gasteiger partial charge is 0.389 e. The molecule has 1 aliphatic carbocycles. The van der Waals surface area contributed by atoms with Gasteiger partial charge >= 0.3 is 0 Å². The van der Waals surface area contributed by atoms with Crippen LogP contribution < -0.4 is 10.6 Å². The van der Waals surface area contributed by atoms with Gasteiger partial charge in [0.2, 0.25) is 0 Å². The minimum absolute atomic E-state index is 0.490. The number of nitrogens with two attached hydrogens (primary N) is 1. The molecule has 0 saturated heterocycles. The van der Waals surface area contributed by atoms with Crippen LogP contribution in [0.15, 0.2) is 24.3 Å². The molecule has 0 spiro atoms. The summed E-state index contributed by atoms with van der Waals surface area (Å²) >= 11 is 5.07. The smallest absolute Gasteiger partial charge is 0.106 e. The molecule has 1 aromatic carbocycles. The van der Waals surface area contributed by atoms with Gasteiger partial charge in [-0.3, -0.25) is 0 Å². The van der Waals surface area contributed by atoms with Gasteiger partial charge in [0.25, 0.3) is 0 Å². The van der Waals surface area contributed by atoms with Gasteiger partial charge in [-0.15, -0.1) is 0 Å². The van der Waals surface area contributed by atoms with Crippen molar-refractivity contribution in [2.75, 3.05) is 11.4 Å². The Bertz CT molecular complexity index is 372. The van der Waals surface area contributed by atoms with Crippen molar-refractivity contribution in [3.8, 4) is 0 Å². The number of hydrogen-bond donors (Lipinski definition) is 1. The van der Waals surface area contributed by atoms with Gasteiger partial charge in [-0.25, -0.2) is 0 Å². The summed E-state index contributed by atoms with van der Waals surface area (Å²) in [7, 11) is 0. The van der Waals surface area contributed by atoms with E-state index in [-0.39, 0.29) is 0 Å². The zero-order chi connectivity index (χ0) is 10.8. The predicted molar refractivity (Wildman–Crippen MR) is 68.4 cm³/mol. The van der Waals surface area contributed by atoms with Crippen LogP contribution in [0.5, 0.6) is 0 Å². The maximum Gasteiger partial charge on any atom is 0.106 e. The monoisotopic (exact) mass is 220 g/mol. The van der Waals surface area contributed by atoms with E-state index in [1.165, 1.54) is 18.5 Å². The summed E-state index contributed by atoms with van der Waals surface area (Å²) in [6.45, 7) is 3.19. The van der Waals surface area contributed by atoms with E-state index in [2.05, 4.69) is 17.9 Å². The van der Waals surface area contributed by atoms with Crippen LogP contribution in [-0.4, -0.2) is 17.6 Å². The molecule has 0 aromatic heterocycles. The number of anilines is 1. The standard InChI is InChI=1S/C12H16N2S/c1-2-14(9-7-8-9)11-6-4-3-5-10(11)12(13)15/h3-6,9H,2,7-8H2,1H3,(H2,13,15). The first-order chi connectivity index (χ1) is 7.24. The Hall–Kier alpha value is -1.09. The predicted octanol–water partition coefficient (Wildman–Crippen LogP) is 2.31. The highest BCUT2D eigenvalue weighted by Gasteiger charge is 2.29. The van der Waals surface area contributed by atoms with E-state index >= 15 is 0 Å². The van der Waals surface area contributed by atoms with Gasteiger partial charge < -0.3 is 10.6 Å². The maximum absolute atomic E-state index is 5.73. The van der Waals surface area contributed by atoms with Crippen LogP contribution in [0.25, 0.3) is 0 Å². The lowest BCUT2D eigenvalue weighted by Crippen LogP contribution is -2.27. The molecule has 1 fully saturated rings. The summed E-state index contributed by atoms with van der Waals surface area (Å²) in [5.74, 6) is 0. The topological polar surface area (TPSA) is 29.3 Å². The number of thiocarbonyl (C=S) groups is 1. The Kier molecular flexibility index (Phi) is 2.91. The molecule has 1 aromatic rings. The lowest BCUT2D eigenvalue weighted by Gasteiger charge is -2.25. The van der Waals surface area contributed by atoms with E-state index in [0.29, 0.717) is 11.0 Å². The zero-order valence-corrected chi connectivity index (χ0v) is 9.76. The second kappa shape index (κ2) is 4.19. The van der Waals surface area contributed by atoms with Crippen molar-refractivity contribution in [3.63, 3.8) is 0 Å². The van der Waals surface area contributed by atoms with Gasteiger partial charge in [0.15, 0.2) is 0 Å². The summed E-state index contributed by atoms with van der Waals surface area (Å²) in [6.07, 6.45) is 2.58. The molecule has 2 N–H and O–H groups in total. The van der Waals surface area contributed by atoms with Gasteiger partial charge in [0, 0.05) is 23.8 Å². The lowest BCUT2D eigenvalue weighted by atomic mass is 10.1. The van der Waals surface area contributed by atoms with E-state index in [9.17, 15) is 0 Å². The van der Waals surface area contributed by atoms with Crippen molar-refractivity contribution >= 4 is 22.9 Å². The normalized spacial score (nSPS) is 15.0. The number of benzene rings is 1. The molecular weight excluding hydrogens is 204 g/mol. The molecule has 0 bridgehead atoms. The Balaban J connectivity index is 2.36. The van der Waals surface area contributed by atoms with E-state index in [1.807, 2.05) is 18.2 Å². The summed E-state index contributed by atoms with van der Waals surface area (Å²) in [4.78, 5) is 2.89. The average molecular weight is 220 g/mol. The molecule has 80 valence electrons. The van der Waals surface area contributed by atoms with E-state index in [0.717, 1.165) is 12.1 Å². The molecule has 0 heterocycles. The molecule has 0 atom stereocenters. The number of rotatable bonds is 4. The van der Waals surface area contributed by atoms with Crippen molar-refractivity contribution in [1.29, 1.82) is 0 Å². The third-order valence-electron chi connectivity index (χ3n) is 2.81. The molecule has 0 aliphatic heterocycles. The van der Waals surface area contributed by atoms with Crippen molar-refractivity contribution in [1.82, 2.24) is 0 Å². The first kappa shape index (κ1) is 10.4. The van der Waals surface area contributed by atoms with Crippen LogP contribution >= 0.6 is 12.2 Å². The summed E-state index contributed by atoms with van der Waals surface area (Å²) in [5.41, 5.74) is 7.92. The van der Waals surface area contributed by atoms with Gasteiger partial charge in [-0.05, 0) is 31.9 Å². The van der Waals surface area contributed by atoms with E-state index in [1.54, 1.807) is 0 Å². The molecule has 2 rings (SSSR count). The molecule has 1 saturated carbocycles. The fourth-order valence-electron chi connectivity index (χ4n) is 1.94. The Morgan fingerprint density at radius 2 is 2.13 bits per heavy atom. The lowest BCUT2D eigenvalue weighted by molar-refractivity contribution is 0.825. The van der Waals surface area contributed by atoms with Crippen molar-refractivity contribution in [2.24, 2.45) is 5.73 Å². The Morgan fingerprint density at radius 1 is 1.47 bits per heavy atom. The molecule has 0 unspecified atom stereocenters. The zero-order valence-electron chi connectivity index (χ0n) is 8.94.